The molecule has 2 N–H and O–H groups in total. The molecule has 9 nitrogen and oxygen atoms in total. The second kappa shape index (κ2) is 12.0. The van der Waals surface area contributed by atoms with Crippen LogP contribution in [0.1, 0.15) is 38.7 Å². The Bertz CT molecular complexity index is 1580. The number of imidazole rings is 1. The minimum absolute atomic E-state index is 0.0107. The highest BCUT2D eigenvalue weighted by molar-refractivity contribution is 8.00. The van der Waals surface area contributed by atoms with Crippen molar-refractivity contribution < 1.29 is 22.7 Å². The van der Waals surface area contributed by atoms with Crippen molar-refractivity contribution in [3.05, 3.63) is 64.3 Å². The molecule has 0 aliphatic carbocycles. The number of carbonyl (C=O) groups excluding carboxylic acids is 1. The minimum atomic E-state index is -4.39. The lowest BCUT2D eigenvalue weighted by atomic mass is 10.1. The summed E-state index contributed by atoms with van der Waals surface area (Å²) in [6.45, 7) is 8.30. The van der Waals surface area contributed by atoms with Crippen molar-refractivity contribution in [2.75, 3.05) is 17.2 Å². The van der Waals surface area contributed by atoms with Gasteiger partial charge in [-0.3, -0.25) is 9.36 Å². The molecule has 0 aliphatic rings. The van der Waals surface area contributed by atoms with E-state index in [1.807, 2.05) is 20.8 Å². The van der Waals surface area contributed by atoms with E-state index in [0.29, 0.717) is 71.5 Å². The van der Waals surface area contributed by atoms with Crippen molar-refractivity contribution >= 4 is 34.7 Å². The quantitative estimate of drug-likeness (QED) is 0.222. The van der Waals surface area contributed by atoms with Gasteiger partial charge in [0, 0.05) is 29.2 Å². The maximum atomic E-state index is 13.6. The van der Waals surface area contributed by atoms with Gasteiger partial charge in [-0.1, -0.05) is 13.8 Å². The van der Waals surface area contributed by atoms with E-state index in [9.17, 15) is 22.8 Å². The largest absolute Gasteiger partial charge is 0.493 e. The molecular formula is C27H29F3N6O3S. The summed E-state index contributed by atoms with van der Waals surface area (Å²) in [5.41, 5.74) is -2.37. The van der Waals surface area contributed by atoms with Crippen molar-refractivity contribution in [1.29, 1.82) is 0 Å². The van der Waals surface area contributed by atoms with Gasteiger partial charge in [-0.05, 0) is 74.5 Å². The van der Waals surface area contributed by atoms with Crippen LogP contribution in [0.5, 0.6) is 5.75 Å². The van der Waals surface area contributed by atoms with E-state index < -0.39 is 11.5 Å². The fourth-order valence-electron chi connectivity index (χ4n) is 4.26. The lowest BCUT2D eigenvalue weighted by Crippen LogP contribution is -2.27. The number of hydrogen-bond acceptors (Lipinski definition) is 6. The Balaban J connectivity index is 1.69. The molecule has 212 valence electrons. The first-order valence-electron chi connectivity index (χ1n) is 12.7. The molecular weight excluding hydrogens is 545 g/mol. The molecule has 4 rings (SSSR count). The number of thioether (sulfide) groups is 1. The van der Waals surface area contributed by atoms with Gasteiger partial charge in [0.1, 0.15) is 11.6 Å². The molecule has 2 heterocycles. The maximum absolute atomic E-state index is 13.6. The molecule has 0 atom stereocenters. The Morgan fingerprint density at radius 3 is 2.35 bits per heavy atom. The maximum Gasteiger partial charge on any atom is 0.446 e. The molecule has 0 saturated heterocycles. The molecule has 0 spiro atoms. The van der Waals surface area contributed by atoms with Crippen molar-refractivity contribution in [3.63, 3.8) is 0 Å². The zero-order valence-corrected chi connectivity index (χ0v) is 23.2. The van der Waals surface area contributed by atoms with Gasteiger partial charge in [-0.15, -0.1) is 5.10 Å². The molecule has 0 radical (unpaired) electrons. The van der Waals surface area contributed by atoms with E-state index in [4.69, 9.17) is 9.84 Å². The number of anilines is 2. The average Bonchev–Trinajstić information content (AvgIpc) is 3.22. The molecule has 0 bridgehead atoms. The van der Waals surface area contributed by atoms with Gasteiger partial charge in [-0.2, -0.15) is 13.2 Å². The number of nitrogens with one attached hydrogen (secondary N) is 2. The van der Waals surface area contributed by atoms with Gasteiger partial charge in [0.2, 0.25) is 0 Å². The van der Waals surface area contributed by atoms with Crippen LogP contribution in [-0.4, -0.2) is 37.3 Å². The summed E-state index contributed by atoms with van der Waals surface area (Å²) in [7, 11) is 0. The zero-order valence-electron chi connectivity index (χ0n) is 22.4. The van der Waals surface area contributed by atoms with E-state index in [1.165, 1.54) is 24.3 Å². The van der Waals surface area contributed by atoms with Crippen molar-refractivity contribution in [3.8, 4) is 17.1 Å². The number of urea groups is 1. The number of hydrogen-bond donors (Lipinski definition) is 2. The lowest BCUT2D eigenvalue weighted by Gasteiger charge is -2.17. The summed E-state index contributed by atoms with van der Waals surface area (Å²) < 4.78 is 46.7. The van der Waals surface area contributed by atoms with Gasteiger partial charge in [0.05, 0.1) is 17.9 Å². The van der Waals surface area contributed by atoms with Crippen LogP contribution >= 0.6 is 11.8 Å². The highest BCUT2D eigenvalue weighted by Crippen LogP contribution is 2.37. The lowest BCUT2D eigenvalue weighted by molar-refractivity contribution is -0.0328. The number of carbonyl (C=O) groups is 1. The predicted octanol–water partition coefficient (Wildman–Crippen LogP) is 6.49. The number of aromatic nitrogens is 4. The number of nitrogens with zero attached hydrogens (tertiary/aromatic N) is 4. The molecule has 40 heavy (non-hydrogen) atoms. The third-order valence-electron chi connectivity index (χ3n) is 5.88. The summed E-state index contributed by atoms with van der Waals surface area (Å²) in [5.74, 6) is 1.51. The van der Waals surface area contributed by atoms with E-state index in [1.54, 1.807) is 34.2 Å². The van der Waals surface area contributed by atoms with Crippen LogP contribution in [0.25, 0.3) is 16.9 Å². The molecule has 2 amide bonds. The Labute approximate surface area is 232 Å². The fraction of sp³-hybridized carbons (Fsp3) is 0.333. The number of aryl methyl sites for hydroxylation is 2. The van der Waals surface area contributed by atoms with Gasteiger partial charge < -0.3 is 15.4 Å². The number of alkyl halides is 3. The van der Waals surface area contributed by atoms with Gasteiger partial charge in [0.25, 0.3) is 5.56 Å². The first-order valence-corrected chi connectivity index (χ1v) is 13.6. The van der Waals surface area contributed by atoms with E-state index in [0.717, 1.165) is 0 Å². The third-order valence-corrected chi connectivity index (χ3v) is 6.62. The second-order valence-corrected chi connectivity index (χ2v) is 9.94. The van der Waals surface area contributed by atoms with Crippen LogP contribution < -0.4 is 20.9 Å². The normalized spacial score (nSPS) is 11.6. The zero-order chi connectivity index (χ0) is 29.0. The second-order valence-electron chi connectivity index (χ2n) is 8.80. The van der Waals surface area contributed by atoms with Crippen molar-refractivity contribution in [2.45, 2.75) is 57.5 Å². The standard InChI is InChI=1S/C27H29F3N6O3S/c1-5-14-35-24(34-36-22(6-2)31-16(4)23(36)25(35)37)20-15-18(10-13-21(20)39-7-3)33-26(38)32-17-8-11-19(12-9-17)40-27(28,29)30/h8-13,15H,5-7,14H2,1-4H3,(H2,32,33,38). The number of rotatable bonds is 9. The smallest absolute Gasteiger partial charge is 0.446 e. The van der Waals surface area contributed by atoms with Crippen molar-refractivity contribution in [2.24, 2.45) is 0 Å². The molecule has 0 unspecified atom stereocenters. The van der Waals surface area contributed by atoms with Crippen LogP contribution in [0.2, 0.25) is 0 Å². The van der Waals surface area contributed by atoms with E-state index >= 15 is 0 Å². The first-order chi connectivity index (χ1) is 19.0. The first kappa shape index (κ1) is 29.0. The Morgan fingerprint density at radius 2 is 1.73 bits per heavy atom. The monoisotopic (exact) mass is 574 g/mol. The molecule has 0 aliphatic heterocycles. The molecule has 0 fully saturated rings. The van der Waals surface area contributed by atoms with Crippen LogP contribution in [0.3, 0.4) is 0 Å². The minimum Gasteiger partial charge on any atom is -0.493 e. The third kappa shape index (κ3) is 6.41. The Morgan fingerprint density at radius 1 is 1.05 bits per heavy atom. The highest BCUT2D eigenvalue weighted by atomic mass is 32.2. The summed E-state index contributed by atoms with van der Waals surface area (Å²) in [5, 5.41) is 10.1. The fourth-order valence-corrected chi connectivity index (χ4v) is 4.80. The number of ether oxygens (including phenoxy) is 1. The van der Waals surface area contributed by atoms with Crippen molar-refractivity contribution in [1.82, 2.24) is 19.2 Å². The Kier molecular flexibility index (Phi) is 8.72. The number of fused-ring (bicyclic) bond motifs is 1. The number of benzene rings is 2. The van der Waals surface area contributed by atoms with Crippen LogP contribution in [0, 0.1) is 6.92 Å². The molecule has 2 aromatic heterocycles. The molecule has 13 heteroatoms. The summed E-state index contributed by atoms with van der Waals surface area (Å²) >= 11 is -0.231. The molecule has 0 saturated carbocycles. The highest BCUT2D eigenvalue weighted by Gasteiger charge is 2.29. The van der Waals surface area contributed by atoms with Gasteiger partial charge >= 0.3 is 11.5 Å². The average molecular weight is 575 g/mol. The van der Waals surface area contributed by atoms with Crippen LogP contribution in [0.15, 0.2) is 52.2 Å². The number of amides is 2. The molecule has 2 aromatic carbocycles. The predicted molar refractivity (Wildman–Crippen MR) is 149 cm³/mol. The van der Waals surface area contributed by atoms with Gasteiger partial charge in [0.15, 0.2) is 11.3 Å². The summed E-state index contributed by atoms with van der Waals surface area (Å²) in [6, 6.07) is 9.74. The molecule has 4 aromatic rings. The number of halogens is 3. The SMILES string of the molecule is CCCn1c(-c2cc(NC(=O)Nc3ccc(SC(F)(F)F)cc3)ccc2OCC)nn2c(CC)nc(C)c2c1=O. The van der Waals surface area contributed by atoms with E-state index in [-0.39, 0.29) is 22.2 Å². The topological polar surface area (TPSA) is 103 Å². The van der Waals surface area contributed by atoms with Crippen LogP contribution in [0.4, 0.5) is 29.3 Å². The summed E-state index contributed by atoms with van der Waals surface area (Å²) in [6.07, 6.45) is 1.26. The van der Waals surface area contributed by atoms with E-state index in [2.05, 4.69) is 15.6 Å². The van der Waals surface area contributed by atoms with Gasteiger partial charge in [-0.25, -0.2) is 14.3 Å². The Hall–Kier alpha value is -4.00. The summed E-state index contributed by atoms with van der Waals surface area (Å²) in [4.78, 5) is 30.8. The van der Waals surface area contributed by atoms with Crippen LogP contribution in [-0.2, 0) is 13.0 Å².